The SMILES string of the molecule is Cc1ccc(C(=O)O)c(Sc2ncccc2Br)c1. The van der Waals surface area contributed by atoms with E-state index in [2.05, 4.69) is 20.9 Å². The number of hydrogen-bond donors (Lipinski definition) is 1. The lowest BCUT2D eigenvalue weighted by Gasteiger charge is -2.07. The van der Waals surface area contributed by atoms with Crippen molar-refractivity contribution >= 4 is 33.7 Å². The fourth-order valence-corrected chi connectivity index (χ4v) is 2.94. The first-order chi connectivity index (χ1) is 8.58. The Morgan fingerprint density at radius 1 is 1.39 bits per heavy atom. The van der Waals surface area contributed by atoms with Crippen LogP contribution >= 0.6 is 27.7 Å². The van der Waals surface area contributed by atoms with Crippen LogP contribution in [-0.4, -0.2) is 16.1 Å². The summed E-state index contributed by atoms with van der Waals surface area (Å²) >= 11 is 4.75. The summed E-state index contributed by atoms with van der Waals surface area (Å²) in [6.07, 6.45) is 1.68. The summed E-state index contributed by atoms with van der Waals surface area (Å²) in [5.74, 6) is -0.926. The van der Waals surface area contributed by atoms with E-state index in [9.17, 15) is 4.79 Å². The Balaban J connectivity index is 2.42. The predicted octanol–water partition coefficient (Wildman–Crippen LogP) is 4.00. The molecule has 0 amide bonds. The van der Waals surface area contributed by atoms with E-state index in [4.69, 9.17) is 5.11 Å². The normalized spacial score (nSPS) is 10.3. The van der Waals surface area contributed by atoms with Gasteiger partial charge in [0.1, 0.15) is 5.03 Å². The highest BCUT2D eigenvalue weighted by Gasteiger charge is 2.13. The van der Waals surface area contributed by atoms with Gasteiger partial charge in [-0.25, -0.2) is 9.78 Å². The maximum atomic E-state index is 11.2. The topological polar surface area (TPSA) is 50.2 Å². The first kappa shape index (κ1) is 13.1. The van der Waals surface area contributed by atoms with Crippen molar-refractivity contribution in [2.75, 3.05) is 0 Å². The monoisotopic (exact) mass is 323 g/mol. The number of carbonyl (C=O) groups is 1. The number of halogens is 1. The Kier molecular flexibility index (Phi) is 4.04. The number of nitrogens with zero attached hydrogens (tertiary/aromatic N) is 1. The van der Waals surface area contributed by atoms with E-state index >= 15 is 0 Å². The molecule has 0 aliphatic heterocycles. The second-order valence-electron chi connectivity index (χ2n) is 3.70. The van der Waals surface area contributed by atoms with Crippen molar-refractivity contribution < 1.29 is 9.90 Å². The Bertz CT molecular complexity index is 601. The van der Waals surface area contributed by atoms with Crippen LogP contribution in [0.5, 0.6) is 0 Å². The van der Waals surface area contributed by atoms with E-state index in [1.54, 1.807) is 18.3 Å². The van der Waals surface area contributed by atoms with Crippen LogP contribution in [0.3, 0.4) is 0 Å². The Labute approximate surface area is 117 Å². The summed E-state index contributed by atoms with van der Waals surface area (Å²) in [6.45, 7) is 1.93. The number of aromatic nitrogens is 1. The summed E-state index contributed by atoms with van der Waals surface area (Å²) in [5, 5.41) is 9.91. The quantitative estimate of drug-likeness (QED) is 0.927. The van der Waals surface area contributed by atoms with E-state index in [1.807, 2.05) is 25.1 Å². The molecule has 2 rings (SSSR count). The van der Waals surface area contributed by atoms with Crippen LogP contribution < -0.4 is 0 Å². The maximum Gasteiger partial charge on any atom is 0.336 e. The number of aromatic carboxylic acids is 1. The lowest BCUT2D eigenvalue weighted by atomic mass is 10.1. The zero-order chi connectivity index (χ0) is 13.1. The maximum absolute atomic E-state index is 11.2. The highest BCUT2D eigenvalue weighted by atomic mass is 79.9. The van der Waals surface area contributed by atoms with Gasteiger partial charge < -0.3 is 5.11 Å². The van der Waals surface area contributed by atoms with Crippen molar-refractivity contribution in [1.29, 1.82) is 0 Å². The van der Waals surface area contributed by atoms with Crippen molar-refractivity contribution in [1.82, 2.24) is 4.98 Å². The summed E-state index contributed by atoms with van der Waals surface area (Å²) < 4.78 is 0.854. The largest absolute Gasteiger partial charge is 0.478 e. The lowest BCUT2D eigenvalue weighted by Crippen LogP contribution is -1.99. The van der Waals surface area contributed by atoms with Gasteiger partial charge in [0.25, 0.3) is 0 Å². The molecular weight excluding hydrogens is 314 g/mol. The van der Waals surface area contributed by atoms with Crippen LogP contribution in [0.4, 0.5) is 0 Å². The third-order valence-electron chi connectivity index (χ3n) is 2.30. The number of carboxylic acid groups (broad SMARTS) is 1. The molecule has 0 atom stereocenters. The number of rotatable bonds is 3. The lowest BCUT2D eigenvalue weighted by molar-refractivity contribution is 0.0693. The number of pyridine rings is 1. The first-order valence-electron chi connectivity index (χ1n) is 5.20. The Morgan fingerprint density at radius 2 is 2.17 bits per heavy atom. The van der Waals surface area contributed by atoms with Crippen molar-refractivity contribution in [3.05, 3.63) is 52.1 Å². The molecule has 2 aromatic rings. The number of hydrogen-bond acceptors (Lipinski definition) is 3. The number of aryl methyl sites for hydroxylation is 1. The minimum atomic E-state index is -0.926. The second-order valence-corrected chi connectivity index (χ2v) is 5.58. The molecule has 3 nitrogen and oxygen atoms in total. The molecule has 18 heavy (non-hydrogen) atoms. The molecule has 0 bridgehead atoms. The van der Waals surface area contributed by atoms with Gasteiger partial charge in [-0.05, 0) is 52.7 Å². The molecule has 0 aliphatic carbocycles. The van der Waals surface area contributed by atoms with Gasteiger partial charge >= 0.3 is 5.97 Å². The van der Waals surface area contributed by atoms with E-state index < -0.39 is 5.97 Å². The van der Waals surface area contributed by atoms with Crippen molar-refractivity contribution in [3.8, 4) is 0 Å². The van der Waals surface area contributed by atoms with E-state index in [1.165, 1.54) is 11.8 Å². The number of benzene rings is 1. The van der Waals surface area contributed by atoms with Crippen LogP contribution in [-0.2, 0) is 0 Å². The van der Waals surface area contributed by atoms with Gasteiger partial charge in [-0.2, -0.15) is 0 Å². The molecule has 1 N–H and O–H groups in total. The first-order valence-corrected chi connectivity index (χ1v) is 6.81. The second kappa shape index (κ2) is 5.54. The highest BCUT2D eigenvalue weighted by molar-refractivity contribution is 9.10. The minimum Gasteiger partial charge on any atom is -0.478 e. The third-order valence-corrected chi connectivity index (χ3v) is 4.28. The minimum absolute atomic E-state index is 0.295. The molecule has 0 saturated heterocycles. The molecule has 92 valence electrons. The zero-order valence-corrected chi connectivity index (χ0v) is 12.0. The van der Waals surface area contributed by atoms with Crippen molar-refractivity contribution in [2.24, 2.45) is 0 Å². The van der Waals surface area contributed by atoms with Crippen molar-refractivity contribution in [2.45, 2.75) is 16.8 Å². The molecule has 0 spiro atoms. The highest BCUT2D eigenvalue weighted by Crippen LogP contribution is 2.34. The van der Waals surface area contributed by atoms with Crippen LogP contribution in [0.25, 0.3) is 0 Å². The average Bonchev–Trinajstić information content (AvgIpc) is 2.32. The van der Waals surface area contributed by atoms with Gasteiger partial charge in [-0.15, -0.1) is 0 Å². The number of carboxylic acids is 1. The third kappa shape index (κ3) is 2.91. The predicted molar refractivity (Wildman–Crippen MR) is 74.2 cm³/mol. The molecule has 1 heterocycles. The summed E-state index contributed by atoms with van der Waals surface area (Å²) in [5.41, 5.74) is 1.32. The summed E-state index contributed by atoms with van der Waals surface area (Å²) in [7, 11) is 0. The average molecular weight is 324 g/mol. The van der Waals surface area contributed by atoms with E-state index in [0.717, 1.165) is 15.1 Å². The molecule has 1 aromatic carbocycles. The van der Waals surface area contributed by atoms with Gasteiger partial charge in [0, 0.05) is 11.1 Å². The van der Waals surface area contributed by atoms with Gasteiger partial charge in [-0.3, -0.25) is 0 Å². The molecule has 0 unspecified atom stereocenters. The van der Waals surface area contributed by atoms with Crippen LogP contribution in [0.15, 0.2) is 50.9 Å². The molecule has 1 aromatic heterocycles. The van der Waals surface area contributed by atoms with E-state index in [0.29, 0.717) is 10.5 Å². The van der Waals surface area contributed by atoms with Crippen LogP contribution in [0, 0.1) is 6.92 Å². The van der Waals surface area contributed by atoms with Crippen molar-refractivity contribution in [3.63, 3.8) is 0 Å². The van der Waals surface area contributed by atoms with Gasteiger partial charge in [0.05, 0.1) is 10.0 Å². The molecular formula is C13H10BrNO2S. The molecule has 0 aliphatic rings. The van der Waals surface area contributed by atoms with E-state index in [-0.39, 0.29) is 0 Å². The fraction of sp³-hybridized carbons (Fsp3) is 0.0769. The van der Waals surface area contributed by atoms with Crippen LogP contribution in [0.1, 0.15) is 15.9 Å². The molecule has 0 saturated carbocycles. The molecule has 5 heteroatoms. The smallest absolute Gasteiger partial charge is 0.336 e. The van der Waals surface area contributed by atoms with Gasteiger partial charge in [0.15, 0.2) is 0 Å². The molecule has 0 radical (unpaired) electrons. The Morgan fingerprint density at radius 3 is 2.83 bits per heavy atom. The Hall–Kier alpha value is -1.33. The summed E-state index contributed by atoms with van der Waals surface area (Å²) in [4.78, 5) is 16.1. The van der Waals surface area contributed by atoms with Gasteiger partial charge in [-0.1, -0.05) is 17.8 Å². The van der Waals surface area contributed by atoms with Crippen LogP contribution in [0.2, 0.25) is 0 Å². The zero-order valence-electron chi connectivity index (χ0n) is 9.55. The fourth-order valence-electron chi connectivity index (χ4n) is 1.44. The summed E-state index contributed by atoms with van der Waals surface area (Å²) in [6, 6.07) is 8.97. The van der Waals surface area contributed by atoms with Gasteiger partial charge in [0.2, 0.25) is 0 Å². The standard InChI is InChI=1S/C13H10BrNO2S/c1-8-4-5-9(13(16)17)11(7-8)18-12-10(14)3-2-6-15-12/h2-7H,1H3,(H,16,17). The molecule has 0 fully saturated rings.